The summed E-state index contributed by atoms with van der Waals surface area (Å²) < 4.78 is 13.1. The van der Waals surface area contributed by atoms with E-state index in [4.69, 9.17) is 0 Å². The van der Waals surface area contributed by atoms with Crippen molar-refractivity contribution in [1.82, 2.24) is 20.4 Å². The lowest BCUT2D eigenvalue weighted by Gasteiger charge is -2.00. The summed E-state index contributed by atoms with van der Waals surface area (Å²) in [5.74, 6) is -0.256. The summed E-state index contributed by atoms with van der Waals surface area (Å²) in [6.45, 7) is 1.93. The molecule has 0 radical (unpaired) electrons. The third-order valence-electron chi connectivity index (χ3n) is 3.45. The second-order valence-electron chi connectivity index (χ2n) is 4.97. The number of halogens is 1. The molecule has 0 unspecified atom stereocenters. The molecule has 108 valence electrons. The van der Waals surface area contributed by atoms with E-state index in [0.29, 0.717) is 0 Å². The zero-order chi connectivity index (χ0) is 15.1. The van der Waals surface area contributed by atoms with Gasteiger partial charge in [0.2, 0.25) is 0 Å². The fourth-order valence-corrected chi connectivity index (χ4v) is 3.08. The van der Waals surface area contributed by atoms with Crippen LogP contribution in [0.2, 0.25) is 0 Å². The van der Waals surface area contributed by atoms with E-state index in [1.807, 2.05) is 25.1 Å². The Hall–Kier alpha value is -2.60. The van der Waals surface area contributed by atoms with Crippen molar-refractivity contribution < 1.29 is 4.39 Å². The first kappa shape index (κ1) is 13.1. The van der Waals surface area contributed by atoms with Crippen molar-refractivity contribution in [2.24, 2.45) is 0 Å². The van der Waals surface area contributed by atoms with Gasteiger partial charge in [-0.25, -0.2) is 4.39 Å². The first-order chi connectivity index (χ1) is 10.7. The second-order valence-corrected chi connectivity index (χ2v) is 6.15. The van der Waals surface area contributed by atoms with Crippen LogP contribution in [0.3, 0.4) is 0 Å². The van der Waals surface area contributed by atoms with Gasteiger partial charge in [-0.3, -0.25) is 5.10 Å². The van der Waals surface area contributed by atoms with E-state index in [2.05, 4.69) is 20.4 Å². The molecule has 1 N–H and O–H groups in total. The Morgan fingerprint density at radius 1 is 1.00 bits per heavy atom. The number of fused-ring (bicyclic) bond motifs is 1. The average Bonchev–Trinajstić information content (AvgIpc) is 3.14. The number of aryl methyl sites for hydroxylation is 1. The predicted molar refractivity (Wildman–Crippen MR) is 85.1 cm³/mol. The Balaban J connectivity index is 1.88. The van der Waals surface area contributed by atoms with E-state index < -0.39 is 0 Å². The minimum atomic E-state index is -0.256. The highest BCUT2D eigenvalue weighted by atomic mass is 32.1. The van der Waals surface area contributed by atoms with Gasteiger partial charge in [-0.2, -0.15) is 5.10 Å². The van der Waals surface area contributed by atoms with Crippen molar-refractivity contribution in [2.45, 2.75) is 6.92 Å². The van der Waals surface area contributed by atoms with Gasteiger partial charge < -0.3 is 0 Å². The van der Waals surface area contributed by atoms with Crippen molar-refractivity contribution >= 4 is 22.2 Å². The molecule has 0 saturated carbocycles. The van der Waals surface area contributed by atoms with Crippen molar-refractivity contribution in [1.29, 1.82) is 0 Å². The van der Waals surface area contributed by atoms with Gasteiger partial charge in [0, 0.05) is 16.5 Å². The molecule has 2 aromatic heterocycles. The van der Waals surface area contributed by atoms with Crippen LogP contribution in [0, 0.1) is 12.7 Å². The number of rotatable bonds is 2. The van der Waals surface area contributed by atoms with Crippen LogP contribution in [0.1, 0.15) is 5.01 Å². The molecule has 4 nitrogen and oxygen atoms in total. The molecule has 2 aromatic carbocycles. The van der Waals surface area contributed by atoms with E-state index in [1.54, 1.807) is 23.5 Å². The number of aromatic nitrogens is 4. The van der Waals surface area contributed by atoms with Crippen LogP contribution < -0.4 is 0 Å². The number of aromatic amines is 1. The van der Waals surface area contributed by atoms with E-state index >= 15 is 0 Å². The molecular formula is C16H11FN4S. The Labute approximate surface area is 129 Å². The lowest BCUT2D eigenvalue weighted by molar-refractivity contribution is 0.628. The van der Waals surface area contributed by atoms with E-state index in [1.165, 1.54) is 12.1 Å². The molecule has 0 amide bonds. The zero-order valence-electron chi connectivity index (χ0n) is 11.7. The molecule has 6 heteroatoms. The van der Waals surface area contributed by atoms with Gasteiger partial charge in [0.05, 0.1) is 11.2 Å². The van der Waals surface area contributed by atoms with Gasteiger partial charge in [-0.05, 0) is 49.4 Å². The van der Waals surface area contributed by atoms with Crippen LogP contribution in [0.15, 0.2) is 42.5 Å². The van der Waals surface area contributed by atoms with Crippen LogP contribution in [-0.4, -0.2) is 20.4 Å². The molecule has 4 rings (SSSR count). The minimum absolute atomic E-state index is 0.256. The predicted octanol–water partition coefficient (Wildman–Crippen LogP) is 4.20. The number of nitrogens with one attached hydrogen (secondary N) is 1. The summed E-state index contributed by atoms with van der Waals surface area (Å²) in [6, 6.07) is 12.3. The first-order valence-corrected chi connectivity index (χ1v) is 7.57. The normalized spacial score (nSPS) is 11.2. The van der Waals surface area contributed by atoms with Crippen LogP contribution in [0.25, 0.3) is 32.7 Å². The van der Waals surface area contributed by atoms with E-state index in [0.717, 1.165) is 37.7 Å². The maximum atomic E-state index is 13.1. The maximum Gasteiger partial charge on any atom is 0.147 e. The molecule has 2 heterocycles. The summed E-state index contributed by atoms with van der Waals surface area (Å²) in [5, 5.41) is 18.4. The molecule has 0 bridgehead atoms. The summed E-state index contributed by atoms with van der Waals surface area (Å²) in [7, 11) is 0. The largest absolute Gasteiger partial charge is 0.277 e. The Morgan fingerprint density at radius 3 is 2.50 bits per heavy atom. The number of hydrogen-bond donors (Lipinski definition) is 1. The smallest absolute Gasteiger partial charge is 0.147 e. The van der Waals surface area contributed by atoms with Crippen LogP contribution in [-0.2, 0) is 0 Å². The second kappa shape index (κ2) is 4.99. The first-order valence-electron chi connectivity index (χ1n) is 6.75. The molecular weight excluding hydrogens is 299 g/mol. The van der Waals surface area contributed by atoms with Gasteiger partial charge in [0.1, 0.15) is 15.8 Å². The van der Waals surface area contributed by atoms with Gasteiger partial charge in [0.15, 0.2) is 0 Å². The molecule has 4 aromatic rings. The van der Waals surface area contributed by atoms with Gasteiger partial charge >= 0.3 is 0 Å². The number of hydrogen-bond acceptors (Lipinski definition) is 4. The molecule has 0 atom stereocenters. The number of benzene rings is 2. The Bertz CT molecular complexity index is 956. The van der Waals surface area contributed by atoms with Crippen molar-refractivity contribution in [3.8, 4) is 21.8 Å². The lowest BCUT2D eigenvalue weighted by atomic mass is 10.1. The summed E-state index contributed by atoms with van der Waals surface area (Å²) >= 11 is 1.55. The summed E-state index contributed by atoms with van der Waals surface area (Å²) in [6.07, 6.45) is 0. The fourth-order valence-electron chi connectivity index (χ4n) is 2.39. The van der Waals surface area contributed by atoms with E-state index in [-0.39, 0.29) is 5.82 Å². The highest BCUT2D eigenvalue weighted by Gasteiger charge is 2.11. The Kier molecular flexibility index (Phi) is 2.97. The standard InChI is InChI=1S/C16H11FN4S/c1-9-18-21-16(22-9)11-4-7-14-13(8-11)15(20-19-14)10-2-5-12(17)6-3-10/h2-8H,1H3,(H,19,20). The molecule has 22 heavy (non-hydrogen) atoms. The Morgan fingerprint density at radius 2 is 1.77 bits per heavy atom. The van der Waals surface area contributed by atoms with Gasteiger partial charge in [-0.15, -0.1) is 10.2 Å². The van der Waals surface area contributed by atoms with Crippen LogP contribution in [0.5, 0.6) is 0 Å². The fraction of sp³-hybridized carbons (Fsp3) is 0.0625. The number of H-pyrrole nitrogens is 1. The molecule has 0 aliphatic rings. The third kappa shape index (κ3) is 2.17. The maximum absolute atomic E-state index is 13.1. The highest BCUT2D eigenvalue weighted by molar-refractivity contribution is 7.14. The zero-order valence-corrected chi connectivity index (χ0v) is 12.5. The van der Waals surface area contributed by atoms with Crippen molar-refractivity contribution in [3.63, 3.8) is 0 Å². The summed E-state index contributed by atoms with van der Waals surface area (Å²) in [5.41, 5.74) is 3.61. The SMILES string of the molecule is Cc1nnc(-c2ccc3[nH]nc(-c4ccc(F)cc4)c3c2)s1. The van der Waals surface area contributed by atoms with Gasteiger partial charge in [0.25, 0.3) is 0 Å². The third-order valence-corrected chi connectivity index (χ3v) is 4.34. The minimum Gasteiger partial charge on any atom is -0.277 e. The molecule has 0 fully saturated rings. The lowest BCUT2D eigenvalue weighted by Crippen LogP contribution is -1.81. The highest BCUT2D eigenvalue weighted by Crippen LogP contribution is 2.31. The van der Waals surface area contributed by atoms with Crippen molar-refractivity contribution in [2.75, 3.05) is 0 Å². The van der Waals surface area contributed by atoms with Crippen molar-refractivity contribution in [3.05, 3.63) is 53.3 Å². The molecule has 0 saturated heterocycles. The van der Waals surface area contributed by atoms with Crippen LogP contribution >= 0.6 is 11.3 Å². The molecule has 0 aliphatic heterocycles. The monoisotopic (exact) mass is 310 g/mol. The van der Waals surface area contributed by atoms with E-state index in [9.17, 15) is 4.39 Å². The van der Waals surface area contributed by atoms with Crippen LogP contribution in [0.4, 0.5) is 4.39 Å². The van der Waals surface area contributed by atoms with Gasteiger partial charge in [-0.1, -0.05) is 11.3 Å². The molecule has 0 aliphatic carbocycles. The number of nitrogens with zero attached hydrogens (tertiary/aromatic N) is 3. The quantitative estimate of drug-likeness (QED) is 0.604. The summed E-state index contributed by atoms with van der Waals surface area (Å²) in [4.78, 5) is 0. The topological polar surface area (TPSA) is 54.5 Å². The molecule has 0 spiro atoms. The average molecular weight is 310 g/mol.